The molecule has 6 heteroatoms. The molecule has 0 radical (unpaired) electrons. The fourth-order valence-corrected chi connectivity index (χ4v) is 3.63. The van der Waals surface area contributed by atoms with Crippen molar-refractivity contribution in [2.24, 2.45) is 0 Å². The maximum absolute atomic E-state index is 11.2. The molecule has 0 fully saturated rings. The first-order valence-corrected chi connectivity index (χ1v) is 8.11. The van der Waals surface area contributed by atoms with Crippen molar-refractivity contribution in [2.75, 3.05) is 5.32 Å². The van der Waals surface area contributed by atoms with Crippen LogP contribution in [0.25, 0.3) is 21.3 Å². The number of anilines is 1. The highest BCUT2D eigenvalue weighted by molar-refractivity contribution is 7.19. The molecule has 2 N–H and O–H groups in total. The number of thiophene rings is 1. The minimum absolute atomic E-state index is 0.575. The number of rotatable bonds is 4. The Labute approximate surface area is 138 Å². The van der Waals surface area contributed by atoms with E-state index in [1.54, 1.807) is 18.3 Å². The molecule has 118 valence electrons. The zero-order valence-electron chi connectivity index (χ0n) is 13.1. The lowest BCUT2D eigenvalue weighted by atomic mass is 10.0. The van der Waals surface area contributed by atoms with Gasteiger partial charge in [0.05, 0.1) is 5.39 Å². The molecule has 0 bridgehead atoms. The second-order valence-corrected chi connectivity index (χ2v) is 6.61. The van der Waals surface area contributed by atoms with Gasteiger partial charge in [0.15, 0.2) is 0 Å². The quantitative estimate of drug-likeness (QED) is 0.761. The highest BCUT2D eigenvalue weighted by Gasteiger charge is 2.20. The Morgan fingerprint density at radius 3 is 2.57 bits per heavy atom. The first-order valence-electron chi connectivity index (χ1n) is 7.30. The number of aromatic nitrogens is 2. The summed E-state index contributed by atoms with van der Waals surface area (Å²) in [6, 6.07) is 9.30. The third-order valence-electron chi connectivity index (χ3n) is 3.63. The van der Waals surface area contributed by atoms with E-state index in [1.807, 2.05) is 37.3 Å². The summed E-state index contributed by atoms with van der Waals surface area (Å²) in [5.74, 6) is 0.284. The Balaban J connectivity index is 2.25. The molecule has 1 atom stereocenters. The summed E-state index contributed by atoms with van der Waals surface area (Å²) in [7, 11) is 0. The molecule has 2 heterocycles. The van der Waals surface area contributed by atoms with E-state index in [9.17, 15) is 9.90 Å². The Hall–Kier alpha value is -2.47. The first kappa shape index (κ1) is 15.4. The maximum atomic E-state index is 11.2. The van der Waals surface area contributed by atoms with E-state index < -0.39 is 12.0 Å². The molecule has 2 aromatic heterocycles. The SMILES string of the molecule is Cc1nc(NC(C)C(=O)O)c2c(-c3ccccc3)c(C)sc2n1. The van der Waals surface area contributed by atoms with Crippen LogP contribution in [0, 0.1) is 13.8 Å². The molecule has 3 aromatic rings. The van der Waals surface area contributed by atoms with Gasteiger partial charge >= 0.3 is 5.97 Å². The number of carboxylic acids is 1. The first-order chi connectivity index (χ1) is 11.0. The smallest absolute Gasteiger partial charge is 0.325 e. The van der Waals surface area contributed by atoms with Crippen LogP contribution in [0.4, 0.5) is 5.82 Å². The van der Waals surface area contributed by atoms with Crippen LogP contribution in [-0.4, -0.2) is 27.1 Å². The molecule has 0 aliphatic rings. The number of hydrogen-bond donors (Lipinski definition) is 2. The van der Waals surface area contributed by atoms with Crippen molar-refractivity contribution in [3.8, 4) is 11.1 Å². The van der Waals surface area contributed by atoms with Crippen LogP contribution in [0.5, 0.6) is 0 Å². The van der Waals surface area contributed by atoms with Gasteiger partial charge in [0.1, 0.15) is 22.5 Å². The molecular weight excluding hydrogens is 310 g/mol. The van der Waals surface area contributed by atoms with Crippen LogP contribution >= 0.6 is 11.3 Å². The Kier molecular flexibility index (Phi) is 4.00. The van der Waals surface area contributed by atoms with Gasteiger partial charge in [0, 0.05) is 10.4 Å². The van der Waals surface area contributed by atoms with E-state index in [0.717, 1.165) is 26.2 Å². The van der Waals surface area contributed by atoms with Crippen molar-refractivity contribution in [3.05, 3.63) is 41.0 Å². The lowest BCUT2D eigenvalue weighted by Crippen LogP contribution is -2.26. The van der Waals surface area contributed by atoms with Gasteiger partial charge in [0.25, 0.3) is 0 Å². The maximum Gasteiger partial charge on any atom is 0.325 e. The summed E-state index contributed by atoms with van der Waals surface area (Å²) < 4.78 is 0. The molecule has 23 heavy (non-hydrogen) atoms. The second-order valence-electron chi connectivity index (χ2n) is 5.40. The van der Waals surface area contributed by atoms with Crippen LogP contribution in [-0.2, 0) is 4.79 Å². The van der Waals surface area contributed by atoms with Gasteiger partial charge in [-0.3, -0.25) is 4.79 Å². The van der Waals surface area contributed by atoms with Gasteiger partial charge in [-0.2, -0.15) is 0 Å². The van der Waals surface area contributed by atoms with E-state index >= 15 is 0 Å². The topological polar surface area (TPSA) is 75.1 Å². The van der Waals surface area contributed by atoms with Gasteiger partial charge in [0.2, 0.25) is 0 Å². The summed E-state index contributed by atoms with van der Waals surface area (Å²) in [6.45, 7) is 5.47. The Morgan fingerprint density at radius 1 is 1.22 bits per heavy atom. The summed E-state index contributed by atoms with van der Waals surface area (Å²) >= 11 is 1.60. The molecular formula is C17H17N3O2S. The predicted octanol–water partition coefficient (Wildman–Crippen LogP) is 3.86. The minimum Gasteiger partial charge on any atom is -0.480 e. The van der Waals surface area contributed by atoms with Crippen molar-refractivity contribution >= 4 is 33.3 Å². The van der Waals surface area contributed by atoms with Gasteiger partial charge in [-0.25, -0.2) is 9.97 Å². The van der Waals surface area contributed by atoms with Crippen LogP contribution in [0.15, 0.2) is 30.3 Å². The number of nitrogens with zero attached hydrogens (tertiary/aromatic N) is 2. The third-order valence-corrected chi connectivity index (χ3v) is 4.62. The number of carboxylic acid groups (broad SMARTS) is 1. The van der Waals surface area contributed by atoms with E-state index in [0.29, 0.717) is 11.6 Å². The number of nitrogens with one attached hydrogen (secondary N) is 1. The predicted molar refractivity (Wildman–Crippen MR) is 93.0 cm³/mol. The van der Waals surface area contributed by atoms with Crippen LogP contribution in [0.2, 0.25) is 0 Å². The van der Waals surface area contributed by atoms with Crippen molar-refractivity contribution in [1.29, 1.82) is 0 Å². The van der Waals surface area contributed by atoms with E-state index in [-0.39, 0.29) is 0 Å². The highest BCUT2D eigenvalue weighted by atomic mass is 32.1. The molecule has 0 aliphatic heterocycles. The highest BCUT2D eigenvalue weighted by Crippen LogP contribution is 2.40. The third kappa shape index (κ3) is 2.90. The number of hydrogen-bond acceptors (Lipinski definition) is 5. The van der Waals surface area contributed by atoms with Crippen molar-refractivity contribution in [1.82, 2.24) is 9.97 Å². The van der Waals surface area contributed by atoms with Gasteiger partial charge in [-0.05, 0) is 26.3 Å². The average Bonchev–Trinajstić information content (AvgIpc) is 2.83. The van der Waals surface area contributed by atoms with Crippen LogP contribution < -0.4 is 5.32 Å². The van der Waals surface area contributed by atoms with Crippen molar-refractivity contribution in [2.45, 2.75) is 26.8 Å². The van der Waals surface area contributed by atoms with Gasteiger partial charge in [-0.15, -0.1) is 11.3 Å². The Morgan fingerprint density at radius 2 is 1.91 bits per heavy atom. The van der Waals surface area contributed by atoms with Crippen molar-refractivity contribution < 1.29 is 9.90 Å². The zero-order valence-corrected chi connectivity index (χ0v) is 13.9. The van der Waals surface area contributed by atoms with Gasteiger partial charge in [-0.1, -0.05) is 30.3 Å². The molecule has 1 unspecified atom stereocenters. The molecule has 0 saturated heterocycles. The van der Waals surface area contributed by atoms with E-state index in [4.69, 9.17) is 0 Å². The van der Waals surface area contributed by atoms with Crippen LogP contribution in [0.3, 0.4) is 0 Å². The monoisotopic (exact) mass is 327 g/mol. The molecule has 1 aromatic carbocycles. The Bertz CT molecular complexity index is 874. The zero-order chi connectivity index (χ0) is 16.6. The lowest BCUT2D eigenvalue weighted by Gasteiger charge is -2.13. The van der Waals surface area contributed by atoms with Gasteiger partial charge < -0.3 is 10.4 Å². The number of benzene rings is 1. The molecule has 0 spiro atoms. The fraction of sp³-hybridized carbons (Fsp3) is 0.235. The second kappa shape index (κ2) is 5.96. The molecule has 3 rings (SSSR count). The number of fused-ring (bicyclic) bond motifs is 1. The molecule has 0 saturated carbocycles. The average molecular weight is 327 g/mol. The summed E-state index contributed by atoms with van der Waals surface area (Å²) in [5, 5.41) is 13.1. The molecule has 0 amide bonds. The largest absolute Gasteiger partial charge is 0.480 e. The standard InChI is InChI=1S/C17H17N3O2S/c1-9(17(21)22)18-15-14-13(12-7-5-4-6-8-12)10(2)23-16(14)20-11(3)19-15/h4-9H,1-3H3,(H,21,22)(H,18,19,20). The summed E-state index contributed by atoms with van der Waals surface area (Å²) in [4.78, 5) is 22.1. The number of carbonyl (C=O) groups is 1. The summed E-state index contributed by atoms with van der Waals surface area (Å²) in [5.41, 5.74) is 2.14. The molecule has 5 nitrogen and oxygen atoms in total. The van der Waals surface area contributed by atoms with E-state index in [1.165, 1.54) is 0 Å². The lowest BCUT2D eigenvalue weighted by molar-refractivity contribution is -0.137. The number of aliphatic carboxylic acids is 1. The van der Waals surface area contributed by atoms with Crippen molar-refractivity contribution in [3.63, 3.8) is 0 Å². The van der Waals surface area contributed by atoms with Crippen LogP contribution in [0.1, 0.15) is 17.6 Å². The fourth-order valence-electron chi connectivity index (χ4n) is 2.54. The minimum atomic E-state index is -0.914. The number of aryl methyl sites for hydroxylation is 2. The molecule has 0 aliphatic carbocycles. The summed E-state index contributed by atoms with van der Waals surface area (Å²) in [6.07, 6.45) is 0. The normalized spacial score (nSPS) is 12.3. The van der Waals surface area contributed by atoms with E-state index in [2.05, 4.69) is 22.2 Å².